The lowest BCUT2D eigenvalue weighted by Gasteiger charge is -2.29. The lowest BCUT2D eigenvalue weighted by atomic mass is 9.98. The van der Waals surface area contributed by atoms with Gasteiger partial charge in [-0.2, -0.15) is 4.98 Å². The molecule has 8 heteroatoms. The van der Waals surface area contributed by atoms with Crippen LogP contribution in [0, 0.1) is 0 Å². The first-order chi connectivity index (χ1) is 18.5. The number of pyridine rings is 1. The zero-order valence-electron chi connectivity index (χ0n) is 21.2. The molecule has 2 aromatic carbocycles. The third kappa shape index (κ3) is 5.26. The molecule has 2 N–H and O–H groups in total. The van der Waals surface area contributed by atoms with Crippen molar-refractivity contribution in [3.63, 3.8) is 0 Å². The van der Waals surface area contributed by atoms with Gasteiger partial charge in [0, 0.05) is 24.2 Å². The van der Waals surface area contributed by atoms with Gasteiger partial charge in [0.05, 0.1) is 22.3 Å². The minimum atomic E-state index is -0.298. The average molecular weight is 531 g/mol. The minimum Gasteiger partial charge on any atom is -0.461 e. The summed E-state index contributed by atoms with van der Waals surface area (Å²) in [6, 6.07) is 18.1. The van der Waals surface area contributed by atoms with Gasteiger partial charge in [-0.05, 0) is 67.9 Å². The number of aliphatic hydroxyl groups excluding tert-OH is 1. The predicted octanol–water partition coefficient (Wildman–Crippen LogP) is 6.25. The Morgan fingerprint density at radius 3 is 2.21 bits per heavy atom. The van der Waals surface area contributed by atoms with Crippen LogP contribution in [-0.4, -0.2) is 56.2 Å². The van der Waals surface area contributed by atoms with E-state index in [1.807, 2.05) is 59.5 Å². The second-order valence-corrected chi connectivity index (χ2v) is 10.7. The van der Waals surface area contributed by atoms with E-state index in [1.165, 1.54) is 19.3 Å². The molecule has 0 radical (unpaired) electrons. The molecule has 196 valence electrons. The molecule has 1 amide bonds. The number of nitrogens with one attached hydrogen (secondary N) is 1. The maximum atomic E-state index is 12.8. The van der Waals surface area contributed by atoms with Crippen molar-refractivity contribution >= 4 is 28.7 Å². The summed E-state index contributed by atoms with van der Waals surface area (Å²) in [5.41, 5.74) is 5.64. The molecule has 0 spiro atoms. The summed E-state index contributed by atoms with van der Waals surface area (Å²) in [7, 11) is 0. The minimum absolute atomic E-state index is 0.0144. The molecule has 3 heterocycles. The molecule has 2 aromatic heterocycles. The fourth-order valence-electron chi connectivity index (χ4n) is 5.37. The summed E-state index contributed by atoms with van der Waals surface area (Å²) < 4.78 is 6.07. The lowest BCUT2D eigenvalue weighted by molar-refractivity contribution is 0.0546. The van der Waals surface area contributed by atoms with Crippen molar-refractivity contribution in [2.24, 2.45) is 0 Å². The molecule has 6 rings (SSSR count). The van der Waals surface area contributed by atoms with Crippen LogP contribution in [0.25, 0.3) is 33.5 Å². The predicted molar refractivity (Wildman–Crippen MR) is 148 cm³/mol. The van der Waals surface area contributed by atoms with Gasteiger partial charge in [-0.3, -0.25) is 4.79 Å². The first kappa shape index (κ1) is 24.9. The second kappa shape index (κ2) is 10.8. The maximum Gasteiger partial charge on any atom is 0.296 e. The van der Waals surface area contributed by atoms with E-state index in [1.54, 1.807) is 0 Å². The van der Waals surface area contributed by atoms with Crippen molar-refractivity contribution in [1.29, 1.82) is 0 Å². The van der Waals surface area contributed by atoms with E-state index in [0.29, 0.717) is 53.9 Å². The SMILES string of the molecule is O=C(c1ccc(-c2ccc(-c3nc4nc(OC5CCCCC5)[nH]c4cc3Cl)cc2)cc1)N1CCC(O)CC1. The topological polar surface area (TPSA) is 91.3 Å². The van der Waals surface area contributed by atoms with Gasteiger partial charge in [0.2, 0.25) is 0 Å². The monoisotopic (exact) mass is 530 g/mol. The zero-order valence-corrected chi connectivity index (χ0v) is 22.0. The van der Waals surface area contributed by atoms with Gasteiger partial charge in [-0.15, -0.1) is 0 Å². The summed E-state index contributed by atoms with van der Waals surface area (Å²) >= 11 is 6.61. The number of hydrogen-bond donors (Lipinski definition) is 2. The van der Waals surface area contributed by atoms with Crippen LogP contribution in [0.3, 0.4) is 0 Å². The Labute approximate surface area is 226 Å². The highest BCUT2D eigenvalue weighted by Gasteiger charge is 2.22. The van der Waals surface area contributed by atoms with Crippen molar-refractivity contribution < 1.29 is 14.6 Å². The molecule has 38 heavy (non-hydrogen) atoms. The second-order valence-electron chi connectivity index (χ2n) is 10.3. The Kier molecular flexibility index (Phi) is 7.04. The molecule has 0 atom stereocenters. The Morgan fingerprint density at radius 2 is 1.53 bits per heavy atom. The van der Waals surface area contributed by atoms with Gasteiger partial charge in [0.1, 0.15) is 6.10 Å². The Bertz CT molecular complexity index is 1420. The molecular weight excluding hydrogens is 500 g/mol. The van der Waals surface area contributed by atoms with E-state index in [2.05, 4.69) is 9.97 Å². The number of hydrogen-bond acceptors (Lipinski definition) is 5. The van der Waals surface area contributed by atoms with Gasteiger partial charge in [0.25, 0.3) is 11.9 Å². The van der Waals surface area contributed by atoms with Crippen molar-refractivity contribution in [3.8, 4) is 28.4 Å². The van der Waals surface area contributed by atoms with Gasteiger partial charge in [-0.1, -0.05) is 54.4 Å². The van der Waals surface area contributed by atoms with Crippen LogP contribution in [-0.2, 0) is 0 Å². The number of halogens is 1. The van der Waals surface area contributed by atoms with Crippen LogP contribution in [0.1, 0.15) is 55.3 Å². The van der Waals surface area contributed by atoms with E-state index >= 15 is 0 Å². The number of carbonyl (C=O) groups excluding carboxylic acids is 1. The van der Waals surface area contributed by atoms with Crippen LogP contribution >= 0.6 is 11.6 Å². The Hall–Kier alpha value is -3.42. The third-order valence-electron chi connectivity index (χ3n) is 7.61. The quantitative estimate of drug-likeness (QED) is 0.318. The maximum absolute atomic E-state index is 12.8. The summed E-state index contributed by atoms with van der Waals surface area (Å²) in [4.78, 5) is 27.1. The van der Waals surface area contributed by atoms with E-state index < -0.39 is 0 Å². The van der Waals surface area contributed by atoms with Crippen molar-refractivity contribution in [2.45, 2.75) is 57.2 Å². The highest BCUT2D eigenvalue weighted by Crippen LogP contribution is 2.32. The Morgan fingerprint density at radius 1 is 0.895 bits per heavy atom. The number of carbonyl (C=O) groups is 1. The van der Waals surface area contributed by atoms with Crippen LogP contribution in [0.4, 0.5) is 0 Å². The van der Waals surface area contributed by atoms with Gasteiger partial charge < -0.3 is 19.7 Å². The molecule has 1 saturated carbocycles. The highest BCUT2D eigenvalue weighted by atomic mass is 35.5. The van der Waals surface area contributed by atoms with Gasteiger partial charge >= 0.3 is 0 Å². The van der Waals surface area contributed by atoms with Crippen molar-refractivity contribution in [1.82, 2.24) is 19.9 Å². The van der Waals surface area contributed by atoms with Crippen molar-refractivity contribution in [2.75, 3.05) is 13.1 Å². The number of amides is 1. The summed E-state index contributed by atoms with van der Waals surface area (Å²) in [5, 5.41) is 10.2. The summed E-state index contributed by atoms with van der Waals surface area (Å²) in [6.07, 6.45) is 6.97. The molecule has 7 nitrogen and oxygen atoms in total. The largest absolute Gasteiger partial charge is 0.461 e. The molecule has 0 unspecified atom stereocenters. The average Bonchev–Trinajstić information content (AvgIpc) is 3.34. The number of nitrogens with zero attached hydrogens (tertiary/aromatic N) is 3. The fourth-order valence-corrected chi connectivity index (χ4v) is 5.63. The molecular formula is C30H31ClN4O3. The number of likely N-dealkylation sites (tertiary alicyclic amines) is 1. The van der Waals surface area contributed by atoms with Crippen LogP contribution in [0.5, 0.6) is 6.01 Å². The number of rotatable bonds is 5. The van der Waals surface area contributed by atoms with Gasteiger partial charge in [-0.25, -0.2) is 4.98 Å². The number of imidazole rings is 1. The van der Waals surface area contributed by atoms with E-state index in [4.69, 9.17) is 21.3 Å². The first-order valence-electron chi connectivity index (χ1n) is 13.4. The molecule has 2 aliphatic rings. The smallest absolute Gasteiger partial charge is 0.296 e. The highest BCUT2D eigenvalue weighted by molar-refractivity contribution is 6.33. The standard InChI is InChI=1S/C30H31ClN4O3/c31-25-18-26-28(34-30(32-26)38-24-4-2-1-3-5-24)33-27(25)21-10-6-19(7-11-21)20-8-12-22(13-9-20)29(37)35-16-14-23(36)15-17-35/h6-13,18,23-24,36H,1-5,14-17H2,(H,32,33,34). The van der Waals surface area contributed by atoms with Crippen LogP contribution < -0.4 is 4.74 Å². The third-order valence-corrected chi connectivity index (χ3v) is 7.90. The van der Waals surface area contributed by atoms with Crippen LogP contribution in [0.2, 0.25) is 5.02 Å². The molecule has 1 aliphatic carbocycles. The molecule has 1 aliphatic heterocycles. The number of aromatic nitrogens is 3. The van der Waals surface area contributed by atoms with E-state index in [9.17, 15) is 9.90 Å². The number of aliphatic hydroxyl groups is 1. The molecule has 4 aromatic rings. The number of benzene rings is 2. The van der Waals surface area contributed by atoms with Crippen LogP contribution in [0.15, 0.2) is 54.6 Å². The summed E-state index contributed by atoms with van der Waals surface area (Å²) in [6.45, 7) is 1.19. The van der Waals surface area contributed by atoms with Crippen molar-refractivity contribution in [3.05, 3.63) is 65.2 Å². The van der Waals surface area contributed by atoms with E-state index in [-0.39, 0.29) is 18.1 Å². The number of fused-ring (bicyclic) bond motifs is 1. The number of aromatic amines is 1. The fraction of sp³-hybridized carbons (Fsp3) is 0.367. The number of piperidine rings is 1. The molecule has 1 saturated heterocycles. The Balaban J connectivity index is 1.17. The first-order valence-corrected chi connectivity index (χ1v) is 13.8. The lowest BCUT2D eigenvalue weighted by Crippen LogP contribution is -2.40. The normalized spacial score (nSPS) is 17.2. The van der Waals surface area contributed by atoms with Gasteiger partial charge in [0.15, 0.2) is 5.65 Å². The molecule has 0 bridgehead atoms. The van der Waals surface area contributed by atoms with E-state index in [0.717, 1.165) is 35.0 Å². The number of ether oxygens (including phenoxy) is 1. The summed E-state index contributed by atoms with van der Waals surface area (Å²) in [5.74, 6) is 0.0144. The zero-order chi connectivity index (χ0) is 26.1. The molecule has 2 fully saturated rings. The number of H-pyrrole nitrogens is 1.